The molecule has 2 N–H and O–H groups in total. The molecule has 3 nitrogen and oxygen atoms in total. The van der Waals surface area contributed by atoms with E-state index in [0.29, 0.717) is 5.69 Å². The molecule has 0 fully saturated rings. The summed E-state index contributed by atoms with van der Waals surface area (Å²) in [4.78, 5) is 8.74. The molecule has 0 aliphatic carbocycles. The van der Waals surface area contributed by atoms with E-state index in [9.17, 15) is 0 Å². The lowest BCUT2D eigenvalue weighted by molar-refractivity contribution is 0.910. The Morgan fingerprint density at radius 1 is 1.18 bits per heavy atom. The predicted molar refractivity (Wildman–Crippen MR) is 69.8 cm³/mol. The molecule has 1 aromatic carbocycles. The summed E-state index contributed by atoms with van der Waals surface area (Å²) in [6.07, 6.45) is 3.30. The van der Waals surface area contributed by atoms with Gasteiger partial charge in [0.05, 0.1) is 17.6 Å². The third kappa shape index (κ3) is 2.81. The first-order chi connectivity index (χ1) is 8.19. The second-order valence-electron chi connectivity index (χ2n) is 4.20. The second-order valence-corrected chi connectivity index (χ2v) is 4.20. The molecule has 0 saturated carbocycles. The molecule has 0 bridgehead atoms. The van der Waals surface area contributed by atoms with Crippen LogP contribution < -0.4 is 5.73 Å². The Hall–Kier alpha value is -1.90. The van der Waals surface area contributed by atoms with Gasteiger partial charge < -0.3 is 5.73 Å². The summed E-state index contributed by atoms with van der Waals surface area (Å²) >= 11 is 0. The molecule has 0 saturated heterocycles. The molecule has 0 atom stereocenters. The van der Waals surface area contributed by atoms with Crippen LogP contribution in [0.3, 0.4) is 0 Å². The first-order valence-electron chi connectivity index (χ1n) is 5.85. The number of aromatic nitrogens is 2. The molecular formula is C14H17N3. The van der Waals surface area contributed by atoms with E-state index in [4.69, 9.17) is 5.73 Å². The highest BCUT2D eigenvalue weighted by atomic mass is 14.9. The zero-order valence-electron chi connectivity index (χ0n) is 10.3. The standard InChI is InChI=1S/C14H17N3/c1-3-13-12(15)9-16-14(17-13)8-11-6-4-10(2)5-7-11/h4-7,9H,3,8,15H2,1-2H3. The van der Waals surface area contributed by atoms with Gasteiger partial charge in [0.25, 0.3) is 0 Å². The lowest BCUT2D eigenvalue weighted by Crippen LogP contribution is -2.03. The number of hydrogen-bond donors (Lipinski definition) is 1. The Morgan fingerprint density at radius 3 is 2.53 bits per heavy atom. The van der Waals surface area contributed by atoms with Gasteiger partial charge in [0.1, 0.15) is 5.82 Å². The van der Waals surface area contributed by atoms with Gasteiger partial charge in [0, 0.05) is 6.42 Å². The molecule has 88 valence electrons. The number of aryl methyl sites for hydroxylation is 2. The summed E-state index contributed by atoms with van der Waals surface area (Å²) in [5.74, 6) is 0.833. The summed E-state index contributed by atoms with van der Waals surface area (Å²) in [5, 5.41) is 0. The summed E-state index contributed by atoms with van der Waals surface area (Å²) in [6.45, 7) is 4.13. The third-order valence-corrected chi connectivity index (χ3v) is 2.77. The van der Waals surface area contributed by atoms with Crippen LogP contribution in [0.2, 0.25) is 0 Å². The Morgan fingerprint density at radius 2 is 1.88 bits per heavy atom. The lowest BCUT2D eigenvalue weighted by Gasteiger charge is -2.05. The molecule has 17 heavy (non-hydrogen) atoms. The molecule has 2 rings (SSSR count). The minimum absolute atomic E-state index is 0.681. The SMILES string of the molecule is CCc1nc(Cc2ccc(C)cc2)ncc1N. The van der Waals surface area contributed by atoms with Gasteiger partial charge in [-0.1, -0.05) is 36.8 Å². The number of nitrogens with zero attached hydrogens (tertiary/aromatic N) is 2. The van der Waals surface area contributed by atoms with Crippen molar-refractivity contribution in [3.8, 4) is 0 Å². The van der Waals surface area contributed by atoms with Crippen molar-refractivity contribution in [1.29, 1.82) is 0 Å². The minimum Gasteiger partial charge on any atom is -0.396 e. The van der Waals surface area contributed by atoms with Crippen LogP contribution in [0.1, 0.15) is 29.6 Å². The van der Waals surface area contributed by atoms with Crippen LogP contribution in [-0.2, 0) is 12.8 Å². The van der Waals surface area contributed by atoms with E-state index >= 15 is 0 Å². The fourth-order valence-corrected chi connectivity index (χ4v) is 1.72. The monoisotopic (exact) mass is 227 g/mol. The molecule has 2 aromatic rings. The summed E-state index contributed by atoms with van der Waals surface area (Å²) < 4.78 is 0. The van der Waals surface area contributed by atoms with E-state index < -0.39 is 0 Å². The molecule has 0 amide bonds. The number of rotatable bonds is 3. The first kappa shape index (κ1) is 11.6. The number of nitrogens with two attached hydrogens (primary N) is 1. The highest BCUT2D eigenvalue weighted by Crippen LogP contribution is 2.11. The zero-order chi connectivity index (χ0) is 12.3. The third-order valence-electron chi connectivity index (χ3n) is 2.77. The predicted octanol–water partition coefficient (Wildman–Crippen LogP) is 2.52. The van der Waals surface area contributed by atoms with Crippen LogP contribution in [0.15, 0.2) is 30.5 Å². The van der Waals surface area contributed by atoms with Crippen LogP contribution in [0.5, 0.6) is 0 Å². The van der Waals surface area contributed by atoms with Gasteiger partial charge in [-0.25, -0.2) is 9.97 Å². The zero-order valence-corrected chi connectivity index (χ0v) is 10.3. The van der Waals surface area contributed by atoms with Gasteiger partial charge in [0.15, 0.2) is 0 Å². The normalized spacial score (nSPS) is 10.5. The lowest BCUT2D eigenvalue weighted by atomic mass is 10.1. The second kappa shape index (κ2) is 4.95. The molecule has 3 heteroatoms. The van der Waals surface area contributed by atoms with Crippen molar-refractivity contribution in [3.63, 3.8) is 0 Å². The number of anilines is 1. The molecule has 1 heterocycles. The van der Waals surface area contributed by atoms with Crippen molar-refractivity contribution in [2.75, 3.05) is 5.73 Å². The minimum atomic E-state index is 0.681. The van der Waals surface area contributed by atoms with Gasteiger partial charge in [0.2, 0.25) is 0 Å². The molecular weight excluding hydrogens is 210 g/mol. The topological polar surface area (TPSA) is 51.8 Å². The van der Waals surface area contributed by atoms with Crippen molar-refractivity contribution < 1.29 is 0 Å². The fourth-order valence-electron chi connectivity index (χ4n) is 1.72. The molecule has 0 radical (unpaired) electrons. The van der Waals surface area contributed by atoms with Crippen LogP contribution in [-0.4, -0.2) is 9.97 Å². The van der Waals surface area contributed by atoms with Crippen molar-refractivity contribution in [3.05, 3.63) is 53.1 Å². The van der Waals surface area contributed by atoms with Crippen LogP contribution in [0.4, 0.5) is 5.69 Å². The number of nitrogen functional groups attached to an aromatic ring is 1. The average molecular weight is 227 g/mol. The maximum atomic E-state index is 5.79. The quantitative estimate of drug-likeness (QED) is 0.876. The molecule has 0 aliphatic rings. The molecule has 0 aliphatic heterocycles. The van der Waals surface area contributed by atoms with E-state index in [1.165, 1.54) is 11.1 Å². The Balaban J connectivity index is 2.21. The van der Waals surface area contributed by atoms with Gasteiger partial charge in [-0.3, -0.25) is 0 Å². The Labute approximate surface area is 102 Å². The first-order valence-corrected chi connectivity index (χ1v) is 5.85. The van der Waals surface area contributed by atoms with Gasteiger partial charge in [-0.15, -0.1) is 0 Å². The van der Waals surface area contributed by atoms with E-state index in [1.54, 1.807) is 6.20 Å². The molecule has 0 spiro atoms. The van der Waals surface area contributed by atoms with E-state index in [-0.39, 0.29) is 0 Å². The van der Waals surface area contributed by atoms with Crippen molar-refractivity contribution >= 4 is 5.69 Å². The highest BCUT2D eigenvalue weighted by Gasteiger charge is 2.03. The Kier molecular flexibility index (Phi) is 3.38. The van der Waals surface area contributed by atoms with E-state index in [1.807, 2.05) is 6.92 Å². The molecule has 1 aromatic heterocycles. The van der Waals surface area contributed by atoms with Crippen molar-refractivity contribution in [1.82, 2.24) is 9.97 Å². The largest absolute Gasteiger partial charge is 0.396 e. The van der Waals surface area contributed by atoms with Crippen LogP contribution in [0, 0.1) is 6.92 Å². The number of hydrogen-bond acceptors (Lipinski definition) is 3. The van der Waals surface area contributed by atoms with Crippen molar-refractivity contribution in [2.45, 2.75) is 26.7 Å². The maximum Gasteiger partial charge on any atom is 0.133 e. The van der Waals surface area contributed by atoms with Crippen LogP contribution >= 0.6 is 0 Å². The van der Waals surface area contributed by atoms with E-state index in [0.717, 1.165) is 24.4 Å². The van der Waals surface area contributed by atoms with Crippen molar-refractivity contribution in [2.24, 2.45) is 0 Å². The maximum absolute atomic E-state index is 5.79. The van der Waals surface area contributed by atoms with Crippen LogP contribution in [0.25, 0.3) is 0 Å². The Bertz CT molecular complexity index is 503. The smallest absolute Gasteiger partial charge is 0.133 e. The summed E-state index contributed by atoms with van der Waals surface area (Å²) in [7, 11) is 0. The van der Waals surface area contributed by atoms with Gasteiger partial charge >= 0.3 is 0 Å². The summed E-state index contributed by atoms with van der Waals surface area (Å²) in [5.41, 5.74) is 9.89. The summed E-state index contributed by atoms with van der Waals surface area (Å²) in [6, 6.07) is 8.43. The van der Waals surface area contributed by atoms with Gasteiger partial charge in [-0.05, 0) is 18.9 Å². The average Bonchev–Trinajstić information content (AvgIpc) is 2.34. The fraction of sp³-hybridized carbons (Fsp3) is 0.286. The number of benzene rings is 1. The highest BCUT2D eigenvalue weighted by molar-refractivity contribution is 5.40. The molecule has 0 unspecified atom stereocenters. The van der Waals surface area contributed by atoms with Gasteiger partial charge in [-0.2, -0.15) is 0 Å². The van der Waals surface area contributed by atoms with E-state index in [2.05, 4.69) is 41.2 Å².